The van der Waals surface area contributed by atoms with E-state index in [1.165, 1.54) is 17.5 Å². The summed E-state index contributed by atoms with van der Waals surface area (Å²) in [5.74, 6) is 0.262. The summed E-state index contributed by atoms with van der Waals surface area (Å²) >= 11 is 1.45. The Bertz CT molecular complexity index is 780. The van der Waals surface area contributed by atoms with Crippen LogP contribution in [0.5, 0.6) is 0 Å². The van der Waals surface area contributed by atoms with Crippen LogP contribution in [-0.2, 0) is 5.41 Å². The molecule has 3 aromatic heterocycles. The molecule has 0 saturated heterocycles. The molecule has 7 nitrogen and oxygen atoms in total. The summed E-state index contributed by atoms with van der Waals surface area (Å²) in [6.07, 6.45) is 1.49. The number of aromatic amines is 1. The van der Waals surface area contributed by atoms with Gasteiger partial charge >= 0.3 is 0 Å². The topological polar surface area (TPSA) is 88.8 Å². The molecule has 0 unspecified atom stereocenters. The maximum Gasteiger partial charge on any atom is 0.270 e. The third-order valence-corrected chi connectivity index (χ3v) is 3.64. The van der Waals surface area contributed by atoms with Gasteiger partial charge in [0.15, 0.2) is 4.96 Å². The molecule has 0 atom stereocenters. The van der Waals surface area contributed by atoms with Crippen LogP contribution in [0.4, 0.5) is 0 Å². The van der Waals surface area contributed by atoms with Crippen LogP contribution in [0.3, 0.4) is 0 Å². The number of thiazole rings is 1. The fourth-order valence-corrected chi connectivity index (χ4v) is 2.91. The first-order valence-electron chi connectivity index (χ1n) is 5.72. The lowest BCUT2D eigenvalue weighted by Crippen LogP contribution is -2.24. The lowest BCUT2D eigenvalue weighted by Gasteiger charge is -2.17. The number of nitrogens with one attached hydrogen (secondary N) is 1. The number of nitrogens with zero attached hydrogens (tertiary/aromatic N) is 5. The highest BCUT2D eigenvalue weighted by Gasteiger charge is 2.22. The Kier molecular flexibility index (Phi) is 2.49. The number of H-pyrrole nitrogens is 1. The molecular weight excluding hydrogens is 264 g/mol. The fourth-order valence-electron chi connectivity index (χ4n) is 1.84. The van der Waals surface area contributed by atoms with E-state index in [4.69, 9.17) is 0 Å². The van der Waals surface area contributed by atoms with E-state index < -0.39 is 0 Å². The van der Waals surface area contributed by atoms with Gasteiger partial charge in [0, 0.05) is 22.7 Å². The Morgan fingerprint density at radius 3 is 2.79 bits per heavy atom. The SMILES string of the molecule is CC(C)(C)c1csc2ncc(-c3nn[nH]n3)c(=O)n12. The van der Waals surface area contributed by atoms with Gasteiger partial charge in [-0.05, 0) is 5.21 Å². The Morgan fingerprint density at radius 1 is 1.37 bits per heavy atom. The summed E-state index contributed by atoms with van der Waals surface area (Å²) in [4.78, 5) is 17.5. The molecule has 98 valence electrons. The minimum Gasteiger partial charge on any atom is -0.268 e. The number of fused-ring (bicyclic) bond motifs is 1. The van der Waals surface area contributed by atoms with Gasteiger partial charge < -0.3 is 0 Å². The van der Waals surface area contributed by atoms with Crippen LogP contribution < -0.4 is 5.56 Å². The van der Waals surface area contributed by atoms with E-state index >= 15 is 0 Å². The van der Waals surface area contributed by atoms with E-state index in [9.17, 15) is 4.79 Å². The van der Waals surface area contributed by atoms with E-state index in [0.29, 0.717) is 10.5 Å². The molecule has 0 aliphatic heterocycles. The summed E-state index contributed by atoms with van der Waals surface area (Å²) in [5, 5.41) is 15.4. The minimum absolute atomic E-state index is 0.139. The summed E-state index contributed by atoms with van der Waals surface area (Å²) in [6.45, 7) is 6.17. The monoisotopic (exact) mass is 276 g/mol. The van der Waals surface area contributed by atoms with Crippen molar-refractivity contribution in [3.05, 3.63) is 27.6 Å². The standard InChI is InChI=1S/C11H12N6OS/c1-11(2,3)7-5-19-10-12-4-6(9(18)17(7)10)8-13-15-16-14-8/h4-5H,1-3H3,(H,13,14,15,16). The Morgan fingerprint density at radius 2 is 2.16 bits per heavy atom. The first-order valence-corrected chi connectivity index (χ1v) is 6.60. The van der Waals surface area contributed by atoms with E-state index in [1.807, 2.05) is 5.38 Å². The van der Waals surface area contributed by atoms with Gasteiger partial charge in [-0.2, -0.15) is 5.21 Å². The zero-order chi connectivity index (χ0) is 13.6. The highest BCUT2D eigenvalue weighted by molar-refractivity contribution is 7.15. The molecule has 0 radical (unpaired) electrons. The van der Waals surface area contributed by atoms with E-state index in [0.717, 1.165) is 5.69 Å². The average molecular weight is 276 g/mol. The lowest BCUT2D eigenvalue weighted by atomic mass is 9.93. The largest absolute Gasteiger partial charge is 0.270 e. The van der Waals surface area contributed by atoms with E-state index in [-0.39, 0.29) is 16.8 Å². The van der Waals surface area contributed by atoms with Crippen molar-refractivity contribution >= 4 is 16.3 Å². The zero-order valence-corrected chi connectivity index (χ0v) is 11.5. The molecule has 19 heavy (non-hydrogen) atoms. The third kappa shape index (κ3) is 1.84. The van der Waals surface area contributed by atoms with Crippen molar-refractivity contribution in [1.82, 2.24) is 30.0 Å². The third-order valence-electron chi connectivity index (χ3n) is 2.80. The molecule has 0 bridgehead atoms. The minimum atomic E-state index is -0.169. The number of rotatable bonds is 1. The molecule has 3 heterocycles. The summed E-state index contributed by atoms with van der Waals surface area (Å²) < 4.78 is 1.62. The van der Waals surface area contributed by atoms with Crippen LogP contribution in [0.25, 0.3) is 16.3 Å². The summed E-state index contributed by atoms with van der Waals surface area (Å²) in [7, 11) is 0. The average Bonchev–Trinajstić information content (AvgIpc) is 2.96. The van der Waals surface area contributed by atoms with Gasteiger partial charge in [0.1, 0.15) is 5.56 Å². The van der Waals surface area contributed by atoms with Gasteiger partial charge in [0.05, 0.1) is 0 Å². The molecule has 0 aliphatic rings. The highest BCUT2D eigenvalue weighted by atomic mass is 32.1. The molecule has 0 aliphatic carbocycles. The second-order valence-electron chi connectivity index (χ2n) is 5.20. The molecule has 3 aromatic rings. The van der Waals surface area contributed by atoms with Gasteiger partial charge in [-0.25, -0.2) is 4.98 Å². The first kappa shape index (κ1) is 12.0. The predicted octanol–water partition coefficient (Wildman–Crippen LogP) is 1.23. The van der Waals surface area contributed by atoms with Crippen LogP contribution in [0, 0.1) is 0 Å². The lowest BCUT2D eigenvalue weighted by molar-refractivity contribution is 0.561. The molecule has 0 aromatic carbocycles. The van der Waals surface area contributed by atoms with Gasteiger partial charge in [0.25, 0.3) is 5.56 Å². The van der Waals surface area contributed by atoms with Crippen molar-refractivity contribution in [2.45, 2.75) is 26.2 Å². The van der Waals surface area contributed by atoms with Crippen molar-refractivity contribution < 1.29 is 0 Å². The van der Waals surface area contributed by atoms with Gasteiger partial charge in [-0.1, -0.05) is 20.8 Å². The van der Waals surface area contributed by atoms with E-state index in [2.05, 4.69) is 46.4 Å². The van der Waals surface area contributed by atoms with Gasteiger partial charge in [-0.15, -0.1) is 21.5 Å². The van der Waals surface area contributed by atoms with Crippen LogP contribution >= 0.6 is 11.3 Å². The Hall–Kier alpha value is -2.09. The van der Waals surface area contributed by atoms with Crippen molar-refractivity contribution in [3.63, 3.8) is 0 Å². The highest BCUT2D eigenvalue weighted by Crippen LogP contribution is 2.26. The van der Waals surface area contributed by atoms with Crippen molar-refractivity contribution in [3.8, 4) is 11.4 Å². The molecule has 8 heteroatoms. The quantitative estimate of drug-likeness (QED) is 0.722. The van der Waals surface area contributed by atoms with E-state index in [1.54, 1.807) is 4.40 Å². The molecule has 0 amide bonds. The Labute approximate surface area is 112 Å². The Balaban J connectivity index is 2.36. The molecule has 3 rings (SSSR count). The maximum absolute atomic E-state index is 12.6. The predicted molar refractivity (Wildman–Crippen MR) is 71.2 cm³/mol. The first-order chi connectivity index (χ1) is 8.98. The summed E-state index contributed by atoms with van der Waals surface area (Å²) in [5.41, 5.74) is 0.961. The molecule has 1 N–H and O–H groups in total. The van der Waals surface area contributed by atoms with Gasteiger partial charge in [-0.3, -0.25) is 9.20 Å². The fraction of sp³-hybridized carbons (Fsp3) is 0.364. The molecule has 0 spiro atoms. The number of aromatic nitrogens is 6. The smallest absolute Gasteiger partial charge is 0.268 e. The van der Waals surface area contributed by atoms with Crippen molar-refractivity contribution in [2.75, 3.05) is 0 Å². The van der Waals surface area contributed by atoms with Crippen LogP contribution in [0.1, 0.15) is 26.5 Å². The molecule has 0 saturated carbocycles. The van der Waals surface area contributed by atoms with Crippen molar-refractivity contribution in [2.24, 2.45) is 0 Å². The second kappa shape index (κ2) is 3.95. The van der Waals surface area contributed by atoms with Crippen LogP contribution in [-0.4, -0.2) is 30.0 Å². The van der Waals surface area contributed by atoms with Crippen LogP contribution in [0.15, 0.2) is 16.4 Å². The maximum atomic E-state index is 12.6. The second-order valence-corrected chi connectivity index (χ2v) is 6.04. The summed E-state index contributed by atoms with van der Waals surface area (Å²) in [6, 6.07) is 0. The molecular formula is C11H12N6OS. The van der Waals surface area contributed by atoms with Crippen LogP contribution in [0.2, 0.25) is 0 Å². The normalized spacial score (nSPS) is 12.2. The number of tetrazole rings is 1. The number of hydrogen-bond donors (Lipinski definition) is 1. The molecule has 0 fully saturated rings. The van der Waals surface area contributed by atoms with Crippen molar-refractivity contribution in [1.29, 1.82) is 0 Å². The zero-order valence-electron chi connectivity index (χ0n) is 10.7. The number of hydrogen-bond acceptors (Lipinski definition) is 6. The van der Waals surface area contributed by atoms with Gasteiger partial charge in [0.2, 0.25) is 5.82 Å².